The average Bonchev–Trinajstić information content (AvgIpc) is 2.95. The molecule has 0 saturated carbocycles. The summed E-state index contributed by atoms with van der Waals surface area (Å²) in [5, 5.41) is 19.0. The van der Waals surface area contributed by atoms with Gasteiger partial charge in [0.05, 0.1) is 23.6 Å². The highest BCUT2D eigenvalue weighted by Gasteiger charge is 2.19. The van der Waals surface area contributed by atoms with Crippen molar-refractivity contribution in [3.05, 3.63) is 39.9 Å². The summed E-state index contributed by atoms with van der Waals surface area (Å²) < 4.78 is 3.47. The molecule has 134 valence electrons. The van der Waals surface area contributed by atoms with Crippen molar-refractivity contribution in [2.45, 2.75) is 46.4 Å². The summed E-state index contributed by atoms with van der Waals surface area (Å²) in [6.07, 6.45) is -0.426. The van der Waals surface area contributed by atoms with Crippen LogP contribution in [0.15, 0.2) is 23.0 Å². The summed E-state index contributed by atoms with van der Waals surface area (Å²) in [4.78, 5) is 14.8. The first kappa shape index (κ1) is 17.6. The molecule has 25 heavy (non-hydrogen) atoms. The molecule has 3 rings (SSSR count). The van der Waals surface area contributed by atoms with Gasteiger partial charge in [-0.25, -0.2) is 0 Å². The van der Waals surface area contributed by atoms with Crippen LogP contribution < -0.4 is 5.56 Å². The van der Waals surface area contributed by atoms with Crippen molar-refractivity contribution in [3.63, 3.8) is 0 Å². The molecule has 0 aliphatic heterocycles. The summed E-state index contributed by atoms with van der Waals surface area (Å²) in [6, 6.07) is 6.08. The molecule has 1 N–H and O–H groups in total. The fourth-order valence-corrected chi connectivity index (χ4v) is 3.14. The third kappa shape index (κ3) is 3.17. The molecule has 0 saturated heterocycles. The molecule has 3 aromatic rings. The zero-order chi connectivity index (χ0) is 18.3. The second-order valence-electron chi connectivity index (χ2n) is 7.01. The van der Waals surface area contributed by atoms with E-state index in [2.05, 4.69) is 28.9 Å². The molecular weight excluding hydrogens is 318 g/mol. The second-order valence-corrected chi connectivity index (χ2v) is 7.01. The molecule has 0 fully saturated rings. The lowest BCUT2D eigenvalue weighted by Gasteiger charge is -2.26. The number of aliphatic hydroxyl groups excluding tert-OH is 1. The van der Waals surface area contributed by atoms with Gasteiger partial charge in [0.2, 0.25) is 5.78 Å². The lowest BCUT2D eigenvalue weighted by molar-refractivity contribution is 0.101. The number of aryl methyl sites for hydroxylation is 2. The number of nitrogens with zero attached hydrogens (tertiary/aromatic N) is 5. The van der Waals surface area contributed by atoms with Gasteiger partial charge in [0.15, 0.2) is 5.82 Å². The fourth-order valence-electron chi connectivity index (χ4n) is 3.14. The molecule has 7 nitrogen and oxygen atoms in total. The minimum absolute atomic E-state index is 0.0742. The van der Waals surface area contributed by atoms with Crippen LogP contribution in [-0.4, -0.2) is 47.9 Å². The summed E-state index contributed by atoms with van der Waals surface area (Å²) in [5.41, 5.74) is 1.77. The number of aromatic nitrogens is 4. The molecule has 0 radical (unpaired) electrons. The van der Waals surface area contributed by atoms with Crippen LogP contribution in [0.1, 0.15) is 32.2 Å². The zero-order valence-corrected chi connectivity index (χ0v) is 15.4. The Bertz CT molecular complexity index is 971. The molecule has 0 bridgehead atoms. The van der Waals surface area contributed by atoms with Gasteiger partial charge in [-0.1, -0.05) is 11.6 Å². The molecule has 0 aliphatic carbocycles. The number of hydrogen-bond acceptors (Lipinski definition) is 5. The molecule has 1 aromatic carbocycles. The third-order valence-corrected chi connectivity index (χ3v) is 4.51. The largest absolute Gasteiger partial charge is 0.392 e. The molecule has 2 aromatic heterocycles. The molecule has 0 amide bonds. The van der Waals surface area contributed by atoms with Gasteiger partial charge >= 0.3 is 0 Å². The predicted octanol–water partition coefficient (Wildman–Crippen LogP) is 1.48. The van der Waals surface area contributed by atoms with E-state index in [0.29, 0.717) is 24.3 Å². The van der Waals surface area contributed by atoms with E-state index in [9.17, 15) is 9.90 Å². The number of fused-ring (bicyclic) bond motifs is 3. The number of rotatable bonds is 5. The Kier molecular flexibility index (Phi) is 4.62. The Morgan fingerprint density at radius 3 is 2.60 bits per heavy atom. The summed E-state index contributed by atoms with van der Waals surface area (Å²) >= 11 is 0. The molecule has 2 heterocycles. The lowest BCUT2D eigenvalue weighted by Crippen LogP contribution is -2.36. The van der Waals surface area contributed by atoms with Crippen molar-refractivity contribution < 1.29 is 5.11 Å². The van der Waals surface area contributed by atoms with E-state index in [1.165, 1.54) is 4.57 Å². The Hall–Kier alpha value is -2.25. The summed E-state index contributed by atoms with van der Waals surface area (Å²) in [6.45, 7) is 9.02. The maximum absolute atomic E-state index is 12.6. The maximum atomic E-state index is 12.6. The van der Waals surface area contributed by atoms with Gasteiger partial charge in [-0.2, -0.15) is 0 Å². The summed E-state index contributed by atoms with van der Waals surface area (Å²) in [7, 11) is 1.72. The van der Waals surface area contributed by atoms with Gasteiger partial charge < -0.3 is 5.11 Å². The van der Waals surface area contributed by atoms with Crippen molar-refractivity contribution in [2.24, 2.45) is 7.05 Å². The molecule has 1 atom stereocenters. The number of benzene rings is 1. The highest BCUT2D eigenvalue weighted by molar-refractivity contribution is 5.81. The van der Waals surface area contributed by atoms with Crippen molar-refractivity contribution in [2.75, 3.05) is 6.54 Å². The van der Waals surface area contributed by atoms with Gasteiger partial charge in [-0.05, 0) is 39.8 Å². The van der Waals surface area contributed by atoms with Crippen molar-refractivity contribution >= 4 is 16.7 Å². The monoisotopic (exact) mass is 343 g/mol. The highest BCUT2D eigenvalue weighted by Crippen LogP contribution is 2.17. The van der Waals surface area contributed by atoms with Crippen LogP contribution in [-0.2, 0) is 13.6 Å². The van der Waals surface area contributed by atoms with Gasteiger partial charge in [-0.15, -0.1) is 10.2 Å². The first-order valence-electron chi connectivity index (χ1n) is 8.55. The van der Waals surface area contributed by atoms with Crippen molar-refractivity contribution in [3.8, 4) is 0 Å². The van der Waals surface area contributed by atoms with E-state index in [1.807, 2.05) is 29.5 Å². The van der Waals surface area contributed by atoms with E-state index in [1.54, 1.807) is 14.0 Å². The average molecular weight is 343 g/mol. The van der Waals surface area contributed by atoms with Crippen molar-refractivity contribution in [1.82, 2.24) is 24.1 Å². The quantitative estimate of drug-likeness (QED) is 0.759. The zero-order valence-electron chi connectivity index (χ0n) is 15.4. The Balaban J connectivity index is 2.20. The van der Waals surface area contributed by atoms with Crippen molar-refractivity contribution in [1.29, 1.82) is 0 Å². The first-order chi connectivity index (χ1) is 11.8. The van der Waals surface area contributed by atoms with Gasteiger partial charge in [0.1, 0.15) is 0 Å². The Labute approximate surface area is 146 Å². The number of aliphatic hydroxyl groups is 1. The standard InChI is InChI=1S/C18H25N5O2/c1-11(2)22(9-13(4)24)10-16-19-20-18-21(5)17(25)14-8-12(3)6-7-15(14)23(16)18/h6-8,11,13,24H,9-10H2,1-5H3. The van der Waals surface area contributed by atoms with Crippen LogP contribution in [0.2, 0.25) is 0 Å². The van der Waals surface area contributed by atoms with Crippen LogP contribution in [0.25, 0.3) is 16.7 Å². The molecular formula is C18H25N5O2. The van der Waals surface area contributed by atoms with Crippen LogP contribution in [0.5, 0.6) is 0 Å². The van der Waals surface area contributed by atoms with E-state index >= 15 is 0 Å². The molecule has 7 heteroatoms. The normalized spacial score (nSPS) is 13.4. The van der Waals surface area contributed by atoms with Crippen LogP contribution in [0.4, 0.5) is 0 Å². The van der Waals surface area contributed by atoms with Crippen LogP contribution >= 0.6 is 0 Å². The third-order valence-electron chi connectivity index (χ3n) is 4.51. The Morgan fingerprint density at radius 1 is 1.24 bits per heavy atom. The topological polar surface area (TPSA) is 75.7 Å². The maximum Gasteiger partial charge on any atom is 0.262 e. The van der Waals surface area contributed by atoms with Crippen LogP contribution in [0, 0.1) is 6.92 Å². The smallest absolute Gasteiger partial charge is 0.262 e. The van der Waals surface area contributed by atoms with E-state index < -0.39 is 6.10 Å². The molecule has 0 spiro atoms. The van der Waals surface area contributed by atoms with Gasteiger partial charge in [0.25, 0.3) is 5.56 Å². The highest BCUT2D eigenvalue weighted by atomic mass is 16.3. The van der Waals surface area contributed by atoms with E-state index in [-0.39, 0.29) is 11.6 Å². The fraction of sp³-hybridized carbons (Fsp3) is 0.500. The van der Waals surface area contributed by atoms with Gasteiger partial charge in [0, 0.05) is 19.6 Å². The molecule has 0 aliphatic rings. The SMILES string of the molecule is Cc1ccc2c(c1)c(=O)n(C)c1nnc(CN(CC(C)O)C(C)C)n21. The van der Waals surface area contributed by atoms with E-state index in [4.69, 9.17) is 0 Å². The minimum atomic E-state index is -0.426. The van der Waals surface area contributed by atoms with Crippen LogP contribution in [0.3, 0.4) is 0 Å². The molecule has 1 unspecified atom stereocenters. The predicted molar refractivity (Wildman–Crippen MR) is 97.7 cm³/mol. The Morgan fingerprint density at radius 2 is 1.96 bits per heavy atom. The number of hydrogen-bond donors (Lipinski definition) is 1. The first-order valence-corrected chi connectivity index (χ1v) is 8.55. The minimum Gasteiger partial charge on any atom is -0.392 e. The second kappa shape index (κ2) is 6.57. The lowest BCUT2D eigenvalue weighted by atomic mass is 10.1. The van der Waals surface area contributed by atoms with E-state index in [0.717, 1.165) is 16.9 Å². The van der Waals surface area contributed by atoms with Gasteiger partial charge in [-0.3, -0.25) is 18.7 Å². The summed E-state index contributed by atoms with van der Waals surface area (Å²) in [5.74, 6) is 1.28.